The van der Waals surface area contributed by atoms with Crippen molar-refractivity contribution in [2.75, 3.05) is 23.3 Å². The molecule has 2 heterocycles. The number of nitrogens with one attached hydrogen (secondary N) is 1. The van der Waals surface area contributed by atoms with E-state index in [4.69, 9.17) is 0 Å². The molecule has 0 bridgehead atoms. The third-order valence-corrected chi connectivity index (χ3v) is 4.72. The SMILES string of the molecule is Cc1ncc(CNc2ccc(N3CCCC3)cc2C)s1. The summed E-state index contributed by atoms with van der Waals surface area (Å²) in [7, 11) is 0. The van der Waals surface area contributed by atoms with Gasteiger partial charge in [-0.15, -0.1) is 11.3 Å². The summed E-state index contributed by atoms with van der Waals surface area (Å²) in [6, 6.07) is 6.74. The fraction of sp³-hybridized carbons (Fsp3) is 0.438. The van der Waals surface area contributed by atoms with Gasteiger partial charge in [-0.2, -0.15) is 0 Å². The summed E-state index contributed by atoms with van der Waals surface area (Å²) in [5, 5.41) is 4.64. The number of aromatic nitrogens is 1. The Labute approximate surface area is 124 Å². The van der Waals surface area contributed by atoms with Crippen LogP contribution in [0.3, 0.4) is 0 Å². The smallest absolute Gasteiger partial charge is 0.0897 e. The van der Waals surface area contributed by atoms with E-state index in [1.807, 2.05) is 13.1 Å². The lowest BCUT2D eigenvalue weighted by molar-refractivity contribution is 0.949. The van der Waals surface area contributed by atoms with Gasteiger partial charge in [0.1, 0.15) is 0 Å². The molecule has 1 N–H and O–H groups in total. The van der Waals surface area contributed by atoms with Gasteiger partial charge in [-0.1, -0.05) is 0 Å². The predicted octanol–water partition coefficient (Wildman–Crippen LogP) is 3.97. The van der Waals surface area contributed by atoms with E-state index in [-0.39, 0.29) is 0 Å². The van der Waals surface area contributed by atoms with Crippen molar-refractivity contribution in [2.45, 2.75) is 33.2 Å². The molecular weight excluding hydrogens is 266 g/mol. The Balaban J connectivity index is 1.67. The first-order valence-corrected chi connectivity index (χ1v) is 8.05. The van der Waals surface area contributed by atoms with Gasteiger partial charge in [0.2, 0.25) is 0 Å². The van der Waals surface area contributed by atoms with Gasteiger partial charge in [-0.3, -0.25) is 0 Å². The molecule has 0 aliphatic carbocycles. The van der Waals surface area contributed by atoms with E-state index in [1.165, 1.54) is 47.7 Å². The number of rotatable bonds is 4. The molecule has 2 aromatic rings. The topological polar surface area (TPSA) is 28.2 Å². The van der Waals surface area contributed by atoms with Gasteiger partial charge in [-0.05, 0) is 50.5 Å². The quantitative estimate of drug-likeness (QED) is 0.922. The lowest BCUT2D eigenvalue weighted by Gasteiger charge is -2.19. The minimum atomic E-state index is 0.857. The Morgan fingerprint density at radius 1 is 1.25 bits per heavy atom. The number of anilines is 2. The first kappa shape index (κ1) is 13.4. The molecule has 1 fully saturated rings. The van der Waals surface area contributed by atoms with Gasteiger partial charge in [-0.25, -0.2) is 4.98 Å². The molecule has 1 aliphatic rings. The van der Waals surface area contributed by atoms with Crippen molar-refractivity contribution in [3.63, 3.8) is 0 Å². The second kappa shape index (κ2) is 5.83. The summed E-state index contributed by atoms with van der Waals surface area (Å²) in [6.45, 7) is 7.48. The maximum absolute atomic E-state index is 4.29. The molecule has 3 rings (SSSR count). The third-order valence-electron chi connectivity index (χ3n) is 3.80. The molecule has 20 heavy (non-hydrogen) atoms. The monoisotopic (exact) mass is 287 g/mol. The number of benzene rings is 1. The van der Waals surface area contributed by atoms with Crippen LogP contribution in [0.4, 0.5) is 11.4 Å². The molecule has 0 unspecified atom stereocenters. The summed E-state index contributed by atoms with van der Waals surface area (Å²) in [6.07, 6.45) is 4.61. The average Bonchev–Trinajstić information content (AvgIpc) is 3.08. The van der Waals surface area contributed by atoms with Crippen molar-refractivity contribution in [1.29, 1.82) is 0 Å². The Hall–Kier alpha value is -1.55. The number of hydrogen-bond acceptors (Lipinski definition) is 4. The van der Waals surface area contributed by atoms with Crippen LogP contribution in [-0.4, -0.2) is 18.1 Å². The fourth-order valence-corrected chi connectivity index (χ4v) is 3.42. The maximum Gasteiger partial charge on any atom is 0.0897 e. The van der Waals surface area contributed by atoms with E-state index in [1.54, 1.807) is 11.3 Å². The normalized spacial score (nSPS) is 14.8. The molecule has 1 aromatic heterocycles. The van der Waals surface area contributed by atoms with Gasteiger partial charge in [0.25, 0.3) is 0 Å². The van der Waals surface area contributed by atoms with Crippen molar-refractivity contribution in [1.82, 2.24) is 4.98 Å². The molecule has 1 saturated heterocycles. The van der Waals surface area contributed by atoms with Crippen LogP contribution in [-0.2, 0) is 6.54 Å². The summed E-state index contributed by atoms with van der Waals surface area (Å²) < 4.78 is 0. The number of hydrogen-bond donors (Lipinski definition) is 1. The van der Waals surface area contributed by atoms with Crippen LogP contribution in [0.2, 0.25) is 0 Å². The standard InChI is InChI=1S/C16H21N3S/c1-12-9-14(19-7-3-4-8-19)5-6-16(12)18-11-15-10-17-13(2)20-15/h5-6,9-10,18H,3-4,7-8,11H2,1-2H3. The molecule has 4 heteroatoms. The molecule has 0 amide bonds. The Bertz CT molecular complexity index is 585. The predicted molar refractivity (Wildman–Crippen MR) is 86.8 cm³/mol. The molecule has 106 valence electrons. The van der Waals surface area contributed by atoms with Crippen molar-refractivity contribution >= 4 is 22.7 Å². The van der Waals surface area contributed by atoms with Crippen LogP contribution in [0, 0.1) is 13.8 Å². The van der Waals surface area contributed by atoms with Gasteiger partial charge >= 0.3 is 0 Å². The molecule has 0 radical (unpaired) electrons. The molecule has 3 nitrogen and oxygen atoms in total. The van der Waals surface area contributed by atoms with Crippen LogP contribution in [0.1, 0.15) is 28.3 Å². The largest absolute Gasteiger partial charge is 0.380 e. The second-order valence-corrected chi connectivity index (χ2v) is 6.71. The van der Waals surface area contributed by atoms with Gasteiger partial charge in [0.05, 0.1) is 11.6 Å². The van der Waals surface area contributed by atoms with Crippen molar-refractivity contribution in [2.24, 2.45) is 0 Å². The van der Waals surface area contributed by atoms with Gasteiger partial charge in [0.15, 0.2) is 0 Å². The second-order valence-electron chi connectivity index (χ2n) is 5.39. The van der Waals surface area contributed by atoms with Crippen molar-refractivity contribution in [3.05, 3.63) is 39.8 Å². The molecule has 0 spiro atoms. The highest BCUT2D eigenvalue weighted by Crippen LogP contribution is 2.26. The zero-order valence-corrected chi connectivity index (χ0v) is 13.0. The van der Waals surface area contributed by atoms with E-state index in [0.717, 1.165) is 11.6 Å². The van der Waals surface area contributed by atoms with Crippen LogP contribution in [0.15, 0.2) is 24.4 Å². The van der Waals surface area contributed by atoms with Crippen LogP contribution >= 0.6 is 11.3 Å². The average molecular weight is 287 g/mol. The summed E-state index contributed by atoms with van der Waals surface area (Å²) in [5.41, 5.74) is 3.90. The minimum absolute atomic E-state index is 0.857. The Kier molecular flexibility index (Phi) is 3.92. The van der Waals surface area contributed by atoms with Crippen LogP contribution in [0.5, 0.6) is 0 Å². The van der Waals surface area contributed by atoms with E-state index in [2.05, 4.69) is 40.3 Å². The van der Waals surface area contributed by atoms with Crippen molar-refractivity contribution in [3.8, 4) is 0 Å². The highest BCUT2D eigenvalue weighted by atomic mass is 32.1. The van der Waals surface area contributed by atoms with E-state index >= 15 is 0 Å². The van der Waals surface area contributed by atoms with E-state index < -0.39 is 0 Å². The Morgan fingerprint density at radius 2 is 2.05 bits per heavy atom. The van der Waals surface area contributed by atoms with Crippen LogP contribution < -0.4 is 10.2 Å². The maximum atomic E-state index is 4.29. The van der Waals surface area contributed by atoms with E-state index in [0.29, 0.717) is 0 Å². The van der Waals surface area contributed by atoms with Crippen molar-refractivity contribution < 1.29 is 0 Å². The molecule has 0 atom stereocenters. The lowest BCUT2D eigenvalue weighted by Crippen LogP contribution is -2.17. The fourth-order valence-electron chi connectivity index (χ4n) is 2.69. The zero-order valence-electron chi connectivity index (χ0n) is 12.1. The summed E-state index contributed by atoms with van der Waals surface area (Å²) in [4.78, 5) is 8.05. The van der Waals surface area contributed by atoms with Crippen LogP contribution in [0.25, 0.3) is 0 Å². The number of aryl methyl sites for hydroxylation is 2. The summed E-state index contributed by atoms with van der Waals surface area (Å²) in [5.74, 6) is 0. The Morgan fingerprint density at radius 3 is 2.70 bits per heavy atom. The first-order valence-electron chi connectivity index (χ1n) is 7.23. The van der Waals surface area contributed by atoms with E-state index in [9.17, 15) is 0 Å². The highest BCUT2D eigenvalue weighted by molar-refractivity contribution is 7.11. The first-order chi connectivity index (χ1) is 9.72. The van der Waals surface area contributed by atoms with Gasteiger partial charge < -0.3 is 10.2 Å². The number of thiazole rings is 1. The molecule has 1 aliphatic heterocycles. The lowest BCUT2D eigenvalue weighted by atomic mass is 10.1. The van der Waals surface area contributed by atoms with Gasteiger partial charge in [0, 0.05) is 35.5 Å². The molecular formula is C16H21N3S. The molecule has 1 aromatic carbocycles. The highest BCUT2D eigenvalue weighted by Gasteiger charge is 2.12. The minimum Gasteiger partial charge on any atom is -0.380 e. The molecule has 0 saturated carbocycles. The zero-order chi connectivity index (χ0) is 13.9. The third kappa shape index (κ3) is 2.96. The summed E-state index contributed by atoms with van der Waals surface area (Å²) >= 11 is 1.75. The number of nitrogens with zero attached hydrogens (tertiary/aromatic N) is 2.